The van der Waals surface area contributed by atoms with Gasteiger partial charge in [-0.1, -0.05) is 25.1 Å². The Morgan fingerprint density at radius 2 is 2.07 bits per heavy atom. The number of aromatic nitrogens is 2. The Bertz CT molecular complexity index is 1140. The van der Waals surface area contributed by atoms with Crippen LogP contribution in [-0.2, 0) is 21.2 Å². The number of carbonyl (C=O) groups is 1. The Labute approximate surface area is 168 Å². The van der Waals surface area contributed by atoms with Crippen LogP contribution in [0.15, 0.2) is 52.0 Å². The average Bonchev–Trinajstić information content (AvgIpc) is 3.22. The van der Waals surface area contributed by atoms with E-state index in [9.17, 15) is 13.2 Å². The molecule has 4 rings (SSSR count). The topological polar surface area (TPSA) is 105 Å². The molecule has 1 saturated heterocycles. The van der Waals surface area contributed by atoms with Crippen LogP contribution >= 0.6 is 0 Å². The molecule has 0 aliphatic carbocycles. The van der Waals surface area contributed by atoms with E-state index >= 15 is 0 Å². The zero-order valence-corrected chi connectivity index (χ0v) is 16.9. The minimum atomic E-state index is -3.82. The van der Waals surface area contributed by atoms with Crippen LogP contribution in [0.3, 0.4) is 0 Å². The molecular formula is C20H22N4O4S. The molecule has 0 spiro atoms. The van der Waals surface area contributed by atoms with E-state index in [1.54, 1.807) is 12.1 Å². The third kappa shape index (κ3) is 3.88. The Morgan fingerprint density at radius 1 is 1.24 bits per heavy atom. The lowest BCUT2D eigenvalue weighted by molar-refractivity contribution is -0.120. The zero-order chi connectivity index (χ0) is 20.4. The van der Waals surface area contributed by atoms with Crippen molar-refractivity contribution < 1.29 is 17.8 Å². The number of amides is 1. The van der Waals surface area contributed by atoms with Crippen molar-refractivity contribution in [3.05, 3.63) is 48.0 Å². The lowest BCUT2D eigenvalue weighted by atomic mass is 9.98. The molecule has 29 heavy (non-hydrogen) atoms. The number of benzene rings is 2. The highest BCUT2D eigenvalue weighted by atomic mass is 32.2. The van der Waals surface area contributed by atoms with Crippen LogP contribution in [-0.4, -0.2) is 42.0 Å². The number of sulfonamides is 1. The quantitative estimate of drug-likeness (QED) is 0.688. The number of aryl methyl sites for hydroxylation is 1. The Kier molecular flexibility index (Phi) is 5.33. The molecule has 1 fully saturated rings. The van der Waals surface area contributed by atoms with Crippen LogP contribution in [0.2, 0.25) is 0 Å². The monoisotopic (exact) mass is 414 g/mol. The molecule has 1 aliphatic heterocycles. The number of fused-ring (bicyclic) bond motifs is 1. The van der Waals surface area contributed by atoms with Gasteiger partial charge in [0.2, 0.25) is 15.9 Å². The second-order valence-corrected chi connectivity index (χ2v) is 9.04. The number of nitrogens with one attached hydrogen (secondary N) is 1. The van der Waals surface area contributed by atoms with E-state index in [1.165, 1.54) is 10.4 Å². The summed E-state index contributed by atoms with van der Waals surface area (Å²) in [5, 5.41) is 10.4. The van der Waals surface area contributed by atoms with Crippen molar-refractivity contribution in [1.29, 1.82) is 0 Å². The lowest BCUT2D eigenvalue weighted by Gasteiger charge is -2.31. The van der Waals surface area contributed by atoms with Crippen LogP contribution in [0.1, 0.15) is 25.3 Å². The van der Waals surface area contributed by atoms with Gasteiger partial charge in [-0.2, -0.15) is 4.31 Å². The molecule has 1 N–H and O–H groups in total. The number of carbonyl (C=O) groups excluding carboxylic acids is 1. The molecule has 1 aliphatic rings. The van der Waals surface area contributed by atoms with E-state index in [0.717, 1.165) is 17.7 Å². The molecule has 9 heteroatoms. The maximum atomic E-state index is 13.2. The van der Waals surface area contributed by atoms with Gasteiger partial charge < -0.3 is 5.32 Å². The highest BCUT2D eigenvalue weighted by Crippen LogP contribution is 2.28. The van der Waals surface area contributed by atoms with Gasteiger partial charge in [-0.05, 0) is 59.4 Å². The summed E-state index contributed by atoms with van der Waals surface area (Å²) in [7, 11) is -3.82. The number of piperidine rings is 1. The van der Waals surface area contributed by atoms with Crippen molar-refractivity contribution in [1.82, 2.24) is 14.6 Å². The van der Waals surface area contributed by atoms with E-state index in [2.05, 4.69) is 27.2 Å². The van der Waals surface area contributed by atoms with Crippen molar-refractivity contribution in [3.63, 3.8) is 0 Å². The van der Waals surface area contributed by atoms with Gasteiger partial charge in [-0.3, -0.25) is 4.79 Å². The molecular weight excluding hydrogens is 392 g/mol. The van der Waals surface area contributed by atoms with Crippen molar-refractivity contribution in [2.45, 2.75) is 31.1 Å². The van der Waals surface area contributed by atoms with Crippen molar-refractivity contribution in [2.75, 3.05) is 18.4 Å². The summed E-state index contributed by atoms with van der Waals surface area (Å²) in [6.45, 7) is 2.54. The molecule has 0 bridgehead atoms. The molecule has 8 nitrogen and oxygen atoms in total. The summed E-state index contributed by atoms with van der Waals surface area (Å²) in [5.41, 5.74) is 2.45. The summed E-state index contributed by atoms with van der Waals surface area (Å²) in [6, 6.07) is 12.4. The van der Waals surface area contributed by atoms with Crippen LogP contribution < -0.4 is 5.32 Å². The van der Waals surface area contributed by atoms with Crippen LogP contribution in [0.25, 0.3) is 11.0 Å². The maximum Gasteiger partial charge on any atom is 0.245 e. The summed E-state index contributed by atoms with van der Waals surface area (Å²) < 4.78 is 32.4. The number of nitrogens with zero attached hydrogens (tertiary/aromatic N) is 3. The van der Waals surface area contributed by atoms with E-state index in [0.29, 0.717) is 24.9 Å². The minimum absolute atomic E-state index is 0.0490. The fraction of sp³-hybridized carbons (Fsp3) is 0.350. The predicted molar refractivity (Wildman–Crippen MR) is 108 cm³/mol. The smallest absolute Gasteiger partial charge is 0.245 e. The second kappa shape index (κ2) is 7.92. The standard InChI is InChI=1S/C20H22N4O4S/c1-2-14-6-3-8-16(12-14)21-20(25)15-7-5-11-24(13-15)29(26,27)18-10-4-9-17-19(18)23-28-22-17/h3-4,6,8-10,12,15H,2,5,7,11,13H2,1H3,(H,21,25). The predicted octanol–water partition coefficient (Wildman–Crippen LogP) is 2.82. The third-order valence-electron chi connectivity index (χ3n) is 5.22. The number of hydrogen-bond acceptors (Lipinski definition) is 6. The molecule has 0 saturated carbocycles. The van der Waals surface area contributed by atoms with Gasteiger partial charge in [0, 0.05) is 18.8 Å². The van der Waals surface area contributed by atoms with Crippen molar-refractivity contribution in [2.24, 2.45) is 5.92 Å². The van der Waals surface area contributed by atoms with Gasteiger partial charge in [-0.15, -0.1) is 0 Å². The molecule has 1 aromatic heterocycles. The Morgan fingerprint density at radius 3 is 2.90 bits per heavy atom. The van der Waals surface area contributed by atoms with E-state index in [1.807, 2.05) is 24.3 Å². The molecule has 152 valence electrons. The van der Waals surface area contributed by atoms with E-state index < -0.39 is 15.9 Å². The summed E-state index contributed by atoms with van der Waals surface area (Å²) in [4.78, 5) is 12.8. The molecule has 2 aromatic carbocycles. The van der Waals surface area contributed by atoms with Gasteiger partial charge in [0.15, 0.2) is 5.52 Å². The molecule has 1 atom stereocenters. The number of rotatable bonds is 5. The zero-order valence-electron chi connectivity index (χ0n) is 16.0. The molecule has 2 heterocycles. The first-order valence-corrected chi connectivity index (χ1v) is 11.0. The molecule has 1 amide bonds. The summed E-state index contributed by atoms with van der Waals surface area (Å²) >= 11 is 0. The number of anilines is 1. The highest BCUT2D eigenvalue weighted by molar-refractivity contribution is 7.89. The van der Waals surface area contributed by atoms with Crippen LogP contribution in [0.5, 0.6) is 0 Å². The van der Waals surface area contributed by atoms with Crippen LogP contribution in [0, 0.1) is 5.92 Å². The lowest BCUT2D eigenvalue weighted by Crippen LogP contribution is -2.43. The first-order chi connectivity index (χ1) is 14.0. The van der Waals surface area contributed by atoms with E-state index in [-0.39, 0.29) is 22.9 Å². The average molecular weight is 414 g/mol. The normalized spacial score (nSPS) is 18.0. The molecule has 3 aromatic rings. The van der Waals surface area contributed by atoms with Gasteiger partial charge >= 0.3 is 0 Å². The SMILES string of the molecule is CCc1cccc(NC(=O)C2CCCN(S(=O)(=O)c3cccc4nonc34)C2)c1. The largest absolute Gasteiger partial charge is 0.326 e. The Balaban J connectivity index is 1.53. The fourth-order valence-electron chi connectivity index (χ4n) is 3.62. The minimum Gasteiger partial charge on any atom is -0.326 e. The first-order valence-electron chi connectivity index (χ1n) is 9.60. The van der Waals surface area contributed by atoms with Crippen LogP contribution in [0.4, 0.5) is 5.69 Å². The molecule has 1 unspecified atom stereocenters. The third-order valence-corrected chi connectivity index (χ3v) is 7.12. The Hall–Kier alpha value is -2.78. The highest BCUT2D eigenvalue weighted by Gasteiger charge is 2.34. The van der Waals surface area contributed by atoms with Crippen molar-refractivity contribution in [3.8, 4) is 0 Å². The van der Waals surface area contributed by atoms with Crippen molar-refractivity contribution >= 4 is 32.7 Å². The first kappa shape index (κ1) is 19.5. The van der Waals surface area contributed by atoms with E-state index in [4.69, 9.17) is 0 Å². The van der Waals surface area contributed by atoms with Gasteiger partial charge in [0.1, 0.15) is 10.4 Å². The summed E-state index contributed by atoms with van der Waals surface area (Å²) in [6.07, 6.45) is 2.13. The second-order valence-electron chi connectivity index (χ2n) is 7.13. The van der Waals surface area contributed by atoms with Gasteiger partial charge in [-0.25, -0.2) is 13.0 Å². The maximum absolute atomic E-state index is 13.2. The van der Waals surface area contributed by atoms with Gasteiger partial charge in [0.05, 0.1) is 5.92 Å². The fourth-order valence-corrected chi connectivity index (χ4v) is 5.28. The summed E-state index contributed by atoms with van der Waals surface area (Å²) in [5.74, 6) is -0.585. The number of hydrogen-bond donors (Lipinski definition) is 1. The molecule has 0 radical (unpaired) electrons. The van der Waals surface area contributed by atoms with Gasteiger partial charge in [0.25, 0.3) is 0 Å².